The quantitative estimate of drug-likeness (QED) is 0.185. The van der Waals surface area contributed by atoms with Gasteiger partial charge >= 0.3 is 0 Å². The number of methoxy groups -OCH3 is 2. The number of amides is 1. The van der Waals surface area contributed by atoms with E-state index in [1.807, 2.05) is 59.5 Å². The Labute approximate surface area is 298 Å². The number of carbonyl (C=O) groups is 1. The lowest BCUT2D eigenvalue weighted by Gasteiger charge is -2.31. The van der Waals surface area contributed by atoms with Crippen LogP contribution < -0.4 is 14.8 Å². The number of hydrogen-bond acceptors (Lipinski definition) is 8. The molecule has 2 aliphatic heterocycles. The molecular formula is C38H43Cl2N5O4. The predicted octanol–water partition coefficient (Wildman–Crippen LogP) is 6.86. The van der Waals surface area contributed by atoms with Crippen LogP contribution in [-0.2, 0) is 17.9 Å². The van der Waals surface area contributed by atoms with Crippen molar-refractivity contribution >= 4 is 29.1 Å². The van der Waals surface area contributed by atoms with Crippen molar-refractivity contribution in [2.45, 2.75) is 57.8 Å². The van der Waals surface area contributed by atoms with E-state index in [1.165, 1.54) is 0 Å². The number of piperidine rings is 2. The number of halogens is 2. The standard InChI is InChI=1S/C38H43Cl2N5O4/c1-24(46)45-18-14-28(15-19-45)42-21-26-11-12-33(43-38(26)49-3)32-8-4-7-30(35(32)39)31-13-16-41-37(36(31)40)25-9-10-27(34(20-25)48-2)22-44-17-5-6-29(47)23-44/h4,7-13,16,20,28-29,42,47H,5-6,14-15,17-19,21-23H2,1-3H3/t29-/m0/s1. The lowest BCUT2D eigenvalue weighted by atomic mass is 9.99. The van der Waals surface area contributed by atoms with Gasteiger partial charge in [0.2, 0.25) is 11.8 Å². The number of ether oxygens (including phenoxy) is 2. The summed E-state index contributed by atoms with van der Waals surface area (Å²) in [4.78, 5) is 25.3. The van der Waals surface area contributed by atoms with E-state index in [2.05, 4.69) is 15.2 Å². The first kappa shape index (κ1) is 35.1. The van der Waals surface area contributed by atoms with E-state index in [1.54, 1.807) is 27.3 Å². The van der Waals surface area contributed by atoms with Crippen LogP contribution in [0.15, 0.2) is 60.8 Å². The summed E-state index contributed by atoms with van der Waals surface area (Å²) in [6, 6.07) is 18.0. The fraction of sp³-hybridized carbons (Fsp3) is 0.395. The van der Waals surface area contributed by atoms with Crippen molar-refractivity contribution in [3.8, 4) is 45.3 Å². The van der Waals surface area contributed by atoms with Crippen LogP contribution in [-0.4, -0.2) is 83.3 Å². The molecule has 1 amide bonds. The monoisotopic (exact) mass is 703 g/mol. The highest BCUT2D eigenvalue weighted by Gasteiger charge is 2.23. The van der Waals surface area contributed by atoms with E-state index < -0.39 is 0 Å². The third-order valence-corrected chi connectivity index (χ3v) is 10.3. The van der Waals surface area contributed by atoms with E-state index in [-0.39, 0.29) is 12.0 Å². The Morgan fingerprint density at radius 2 is 1.69 bits per heavy atom. The smallest absolute Gasteiger partial charge is 0.219 e. The number of nitrogens with one attached hydrogen (secondary N) is 1. The summed E-state index contributed by atoms with van der Waals surface area (Å²) < 4.78 is 11.5. The number of benzene rings is 2. The molecule has 2 fully saturated rings. The molecule has 4 heterocycles. The third kappa shape index (κ3) is 8.03. The normalized spacial score (nSPS) is 17.3. The minimum Gasteiger partial charge on any atom is -0.496 e. The van der Waals surface area contributed by atoms with Crippen molar-refractivity contribution in [3.05, 3.63) is 82.0 Å². The van der Waals surface area contributed by atoms with Gasteiger partial charge in [-0.05, 0) is 50.4 Å². The molecule has 2 saturated heterocycles. The van der Waals surface area contributed by atoms with Crippen LogP contribution in [0.25, 0.3) is 33.6 Å². The summed E-state index contributed by atoms with van der Waals surface area (Å²) in [5.41, 5.74) is 6.43. The molecule has 2 N–H and O–H groups in total. The third-order valence-electron chi connectivity index (χ3n) is 9.54. The number of aliphatic hydroxyl groups excluding tert-OH is 1. The summed E-state index contributed by atoms with van der Waals surface area (Å²) in [6.45, 7) is 6.08. The molecule has 2 aliphatic rings. The number of nitrogens with zero attached hydrogens (tertiary/aromatic N) is 4. The Hall–Kier alpha value is -3.73. The average molecular weight is 705 g/mol. The number of pyridine rings is 2. The van der Waals surface area contributed by atoms with Crippen LogP contribution in [0.5, 0.6) is 11.6 Å². The van der Waals surface area contributed by atoms with Crippen molar-refractivity contribution in [2.24, 2.45) is 0 Å². The van der Waals surface area contributed by atoms with Gasteiger partial charge in [-0.15, -0.1) is 0 Å². The number of rotatable bonds is 10. The Morgan fingerprint density at radius 1 is 0.939 bits per heavy atom. The molecule has 0 unspecified atom stereocenters. The zero-order valence-electron chi connectivity index (χ0n) is 28.2. The van der Waals surface area contributed by atoms with Gasteiger partial charge in [0.15, 0.2) is 0 Å². The average Bonchev–Trinajstić information content (AvgIpc) is 3.11. The van der Waals surface area contributed by atoms with Crippen LogP contribution in [0.3, 0.4) is 0 Å². The second-order valence-corrected chi connectivity index (χ2v) is 13.5. The van der Waals surface area contributed by atoms with Gasteiger partial charge in [-0.25, -0.2) is 4.98 Å². The molecule has 49 heavy (non-hydrogen) atoms. The highest BCUT2D eigenvalue weighted by atomic mass is 35.5. The van der Waals surface area contributed by atoms with Crippen LogP contribution >= 0.6 is 23.2 Å². The summed E-state index contributed by atoms with van der Waals surface area (Å²) in [7, 11) is 3.29. The predicted molar refractivity (Wildman–Crippen MR) is 194 cm³/mol. The SMILES string of the molecule is COc1cc(-c2nccc(-c3cccc(-c4ccc(CNC5CCN(C(C)=O)CC5)c(OC)n4)c3Cl)c2Cl)ccc1CN1CCC[C@H](O)C1. The molecule has 4 aromatic rings. The second-order valence-electron chi connectivity index (χ2n) is 12.8. The number of hydrogen-bond donors (Lipinski definition) is 2. The minimum absolute atomic E-state index is 0.131. The van der Waals surface area contributed by atoms with Crippen LogP contribution in [0, 0.1) is 0 Å². The second kappa shape index (κ2) is 15.9. The summed E-state index contributed by atoms with van der Waals surface area (Å²) in [5, 5.41) is 14.7. The lowest BCUT2D eigenvalue weighted by molar-refractivity contribution is -0.129. The number of aliphatic hydroxyl groups is 1. The van der Waals surface area contributed by atoms with Gasteiger partial charge in [0.05, 0.1) is 41.8 Å². The zero-order valence-corrected chi connectivity index (χ0v) is 29.7. The van der Waals surface area contributed by atoms with Crippen LogP contribution in [0.2, 0.25) is 10.0 Å². The van der Waals surface area contributed by atoms with Gasteiger partial charge in [0.1, 0.15) is 5.75 Å². The van der Waals surface area contributed by atoms with Gasteiger partial charge < -0.3 is 24.8 Å². The zero-order chi connectivity index (χ0) is 34.5. The lowest BCUT2D eigenvalue weighted by Crippen LogP contribution is -2.44. The Balaban J connectivity index is 1.22. The van der Waals surface area contributed by atoms with Crippen molar-refractivity contribution in [2.75, 3.05) is 40.4 Å². The number of β-amino-alcohol motifs (C(OH)–C–C–N with tert-alkyl or cyclic N) is 1. The van der Waals surface area contributed by atoms with E-state index >= 15 is 0 Å². The number of carbonyl (C=O) groups excluding carboxylic acids is 1. The van der Waals surface area contributed by atoms with Crippen LogP contribution in [0.4, 0.5) is 0 Å². The number of likely N-dealkylation sites (tertiary alicyclic amines) is 2. The van der Waals surface area contributed by atoms with E-state index in [0.717, 1.165) is 84.4 Å². The van der Waals surface area contributed by atoms with Gasteiger partial charge in [-0.1, -0.05) is 59.6 Å². The molecule has 0 spiro atoms. The molecule has 0 saturated carbocycles. The Bertz CT molecular complexity index is 1800. The first-order chi connectivity index (χ1) is 23.7. The van der Waals surface area contributed by atoms with Crippen LogP contribution in [0.1, 0.15) is 43.7 Å². The van der Waals surface area contributed by atoms with Crippen molar-refractivity contribution < 1.29 is 19.4 Å². The van der Waals surface area contributed by atoms with Crippen molar-refractivity contribution in [3.63, 3.8) is 0 Å². The van der Waals surface area contributed by atoms with Gasteiger partial charge in [0, 0.05) is 85.3 Å². The number of aromatic nitrogens is 2. The van der Waals surface area contributed by atoms with Crippen molar-refractivity contribution in [1.82, 2.24) is 25.1 Å². The molecule has 11 heteroatoms. The molecule has 2 aromatic heterocycles. The van der Waals surface area contributed by atoms with Gasteiger partial charge in [0.25, 0.3) is 0 Å². The van der Waals surface area contributed by atoms with Gasteiger partial charge in [-0.3, -0.25) is 14.7 Å². The van der Waals surface area contributed by atoms with E-state index in [0.29, 0.717) is 53.0 Å². The first-order valence-electron chi connectivity index (χ1n) is 16.8. The molecule has 1 atom stereocenters. The summed E-state index contributed by atoms with van der Waals surface area (Å²) in [6.07, 6.45) is 5.11. The fourth-order valence-corrected chi connectivity index (χ4v) is 7.46. The summed E-state index contributed by atoms with van der Waals surface area (Å²) >= 11 is 14.2. The Morgan fingerprint density at radius 3 is 2.43 bits per heavy atom. The fourth-order valence-electron chi connectivity index (χ4n) is 6.81. The van der Waals surface area contributed by atoms with E-state index in [4.69, 9.17) is 37.7 Å². The minimum atomic E-state index is -0.288. The first-order valence-corrected chi connectivity index (χ1v) is 17.6. The Kier molecular flexibility index (Phi) is 11.4. The molecule has 6 rings (SSSR count). The summed E-state index contributed by atoms with van der Waals surface area (Å²) in [5.74, 6) is 1.41. The largest absolute Gasteiger partial charge is 0.496 e. The van der Waals surface area contributed by atoms with Gasteiger partial charge in [-0.2, -0.15) is 0 Å². The molecule has 0 radical (unpaired) electrons. The highest BCUT2D eigenvalue weighted by molar-refractivity contribution is 6.39. The molecule has 0 bridgehead atoms. The maximum Gasteiger partial charge on any atom is 0.219 e. The maximum atomic E-state index is 11.7. The van der Waals surface area contributed by atoms with E-state index in [9.17, 15) is 9.90 Å². The topological polar surface area (TPSA) is 100 Å². The molecule has 258 valence electrons. The molecular weight excluding hydrogens is 661 g/mol. The molecule has 0 aliphatic carbocycles. The molecule has 9 nitrogen and oxygen atoms in total. The highest BCUT2D eigenvalue weighted by Crippen LogP contribution is 2.42. The maximum absolute atomic E-state index is 11.7. The molecule has 2 aromatic carbocycles. The van der Waals surface area contributed by atoms with Crippen molar-refractivity contribution in [1.29, 1.82) is 0 Å².